The van der Waals surface area contributed by atoms with Gasteiger partial charge in [0.2, 0.25) is 0 Å². The van der Waals surface area contributed by atoms with Crippen molar-refractivity contribution < 1.29 is 38.2 Å². The zero-order valence-electron chi connectivity index (χ0n) is 11.6. The summed E-state index contributed by atoms with van der Waals surface area (Å²) in [4.78, 5) is 41.8. The number of rotatable bonds is 4. The van der Waals surface area contributed by atoms with Gasteiger partial charge in [0.25, 0.3) is 11.4 Å². The van der Waals surface area contributed by atoms with Crippen LogP contribution in [0, 0.1) is 0 Å². The SMILES string of the molecule is C[C@]1(O)[C@H](n2ccc(=O)[nH]c2=O)O[C@](F)(COP(=O)(O)O)[C@H]1O. The molecule has 130 valence electrons. The van der Waals surface area contributed by atoms with Crippen LogP contribution < -0.4 is 11.2 Å². The highest BCUT2D eigenvalue weighted by atomic mass is 31.2. The van der Waals surface area contributed by atoms with Gasteiger partial charge in [0, 0.05) is 12.3 Å². The molecule has 0 bridgehead atoms. The molecule has 0 unspecified atom stereocenters. The molecule has 1 aliphatic heterocycles. The van der Waals surface area contributed by atoms with Crippen molar-refractivity contribution in [2.24, 2.45) is 0 Å². The van der Waals surface area contributed by atoms with Gasteiger partial charge < -0.3 is 24.7 Å². The van der Waals surface area contributed by atoms with Gasteiger partial charge in [0.1, 0.15) is 18.3 Å². The first-order chi connectivity index (χ1) is 10.4. The van der Waals surface area contributed by atoms with Crippen LogP contribution in [0.3, 0.4) is 0 Å². The van der Waals surface area contributed by atoms with E-state index < -0.39 is 49.5 Å². The first kappa shape index (κ1) is 17.9. The van der Waals surface area contributed by atoms with Gasteiger partial charge in [-0.1, -0.05) is 0 Å². The molecule has 0 radical (unpaired) electrons. The molecular formula is C10H14FN2O9P. The first-order valence-corrected chi connectivity index (χ1v) is 7.68. The Kier molecular flexibility index (Phi) is 4.37. The first-order valence-electron chi connectivity index (χ1n) is 6.15. The minimum absolute atomic E-state index is 0.615. The predicted molar refractivity (Wildman–Crippen MR) is 69.9 cm³/mol. The maximum atomic E-state index is 14.6. The largest absolute Gasteiger partial charge is 0.469 e. The number of aromatic amines is 1. The highest BCUT2D eigenvalue weighted by Gasteiger charge is 2.63. The molecule has 2 heterocycles. The van der Waals surface area contributed by atoms with Gasteiger partial charge >= 0.3 is 13.5 Å². The number of ether oxygens (including phenoxy) is 1. The number of hydrogen-bond donors (Lipinski definition) is 5. The Balaban J connectivity index is 2.38. The van der Waals surface area contributed by atoms with Gasteiger partial charge in [-0.25, -0.2) is 13.8 Å². The molecule has 2 rings (SSSR count). The molecule has 0 spiro atoms. The Bertz CT molecular complexity index is 755. The molecule has 0 aromatic carbocycles. The van der Waals surface area contributed by atoms with E-state index in [0.29, 0.717) is 4.57 Å². The number of phosphoric ester groups is 1. The molecule has 0 amide bonds. The molecule has 1 aromatic heterocycles. The number of aliphatic hydroxyl groups is 2. The third-order valence-corrected chi connectivity index (χ3v) is 3.77. The van der Waals surface area contributed by atoms with Gasteiger partial charge in [-0.3, -0.25) is 18.9 Å². The van der Waals surface area contributed by atoms with Crippen LogP contribution in [-0.4, -0.2) is 53.7 Å². The van der Waals surface area contributed by atoms with E-state index in [2.05, 4.69) is 4.52 Å². The summed E-state index contributed by atoms with van der Waals surface area (Å²) in [6.45, 7) is -0.456. The van der Waals surface area contributed by atoms with Crippen LogP contribution in [0.4, 0.5) is 4.39 Å². The summed E-state index contributed by atoms with van der Waals surface area (Å²) in [5.41, 5.74) is -4.16. The van der Waals surface area contributed by atoms with Crippen LogP contribution >= 0.6 is 7.82 Å². The molecule has 11 nitrogen and oxygen atoms in total. The van der Waals surface area contributed by atoms with Crippen LogP contribution in [0.2, 0.25) is 0 Å². The van der Waals surface area contributed by atoms with Crippen molar-refractivity contribution in [3.05, 3.63) is 33.1 Å². The maximum Gasteiger partial charge on any atom is 0.469 e. The Hall–Kier alpha value is -1.40. The second-order valence-electron chi connectivity index (χ2n) is 5.17. The average Bonchev–Trinajstić information content (AvgIpc) is 2.58. The van der Waals surface area contributed by atoms with Crippen molar-refractivity contribution in [1.29, 1.82) is 0 Å². The lowest BCUT2D eigenvalue weighted by atomic mass is 9.95. The topological polar surface area (TPSA) is 171 Å². The Morgan fingerprint density at radius 1 is 1.52 bits per heavy atom. The normalized spacial score (nSPS) is 34.7. The molecule has 1 aromatic rings. The number of hydrogen-bond acceptors (Lipinski definition) is 7. The summed E-state index contributed by atoms with van der Waals surface area (Å²) < 4.78 is 34.6. The third kappa shape index (κ3) is 3.43. The number of H-pyrrole nitrogens is 1. The summed E-state index contributed by atoms with van der Waals surface area (Å²) in [6.07, 6.45) is -3.18. The highest BCUT2D eigenvalue weighted by Crippen LogP contribution is 2.47. The van der Waals surface area contributed by atoms with Crippen molar-refractivity contribution in [3.8, 4) is 0 Å². The van der Waals surface area contributed by atoms with Crippen molar-refractivity contribution in [3.63, 3.8) is 0 Å². The summed E-state index contributed by atoms with van der Waals surface area (Å²) in [5, 5.41) is 20.1. The van der Waals surface area contributed by atoms with E-state index in [1.54, 1.807) is 0 Å². The third-order valence-electron chi connectivity index (χ3n) is 3.30. The zero-order valence-corrected chi connectivity index (χ0v) is 12.5. The van der Waals surface area contributed by atoms with E-state index in [0.717, 1.165) is 19.2 Å². The van der Waals surface area contributed by atoms with Crippen LogP contribution in [0.25, 0.3) is 0 Å². The summed E-state index contributed by atoms with van der Waals surface area (Å²) in [5.74, 6) is -3.20. The maximum absolute atomic E-state index is 14.6. The number of alkyl halides is 1. The second kappa shape index (κ2) is 5.60. The average molecular weight is 356 g/mol. The van der Waals surface area contributed by atoms with Crippen molar-refractivity contribution in [1.82, 2.24) is 9.55 Å². The highest BCUT2D eigenvalue weighted by molar-refractivity contribution is 7.46. The Morgan fingerprint density at radius 2 is 2.13 bits per heavy atom. The summed E-state index contributed by atoms with van der Waals surface area (Å²) in [6, 6.07) is 0.900. The lowest BCUT2D eigenvalue weighted by molar-refractivity contribution is -0.205. The standard InChI is InChI=1S/C10H14FN2O9P/c1-9(17)6(15)10(11,4-21-23(18,19)20)22-7(9)13-3-2-5(14)12-8(13)16/h2-3,6-7,15,17H,4H2,1H3,(H,12,14,16)(H2,18,19,20)/t6-,7+,9+,10+/m0/s1. The molecule has 13 heteroatoms. The lowest BCUT2D eigenvalue weighted by Crippen LogP contribution is -2.50. The molecule has 23 heavy (non-hydrogen) atoms. The number of nitrogens with zero attached hydrogens (tertiary/aromatic N) is 1. The quantitative estimate of drug-likeness (QED) is 0.381. The van der Waals surface area contributed by atoms with Crippen LogP contribution in [0.1, 0.15) is 13.2 Å². The molecule has 4 atom stereocenters. The van der Waals surface area contributed by atoms with E-state index in [1.165, 1.54) is 0 Å². The number of halogens is 1. The minimum atomic E-state index is -5.07. The van der Waals surface area contributed by atoms with Crippen molar-refractivity contribution >= 4 is 7.82 Å². The van der Waals surface area contributed by atoms with E-state index >= 15 is 0 Å². The zero-order chi connectivity index (χ0) is 17.6. The fourth-order valence-electron chi connectivity index (χ4n) is 2.18. The van der Waals surface area contributed by atoms with Gasteiger partial charge in [0.05, 0.1) is 0 Å². The Labute approximate surface area is 127 Å². The number of nitrogens with one attached hydrogen (secondary N) is 1. The molecular weight excluding hydrogens is 342 g/mol. The van der Waals surface area contributed by atoms with Gasteiger partial charge in [-0.2, -0.15) is 0 Å². The van der Waals surface area contributed by atoms with E-state index in [4.69, 9.17) is 14.5 Å². The van der Waals surface area contributed by atoms with Gasteiger partial charge in [-0.15, -0.1) is 0 Å². The summed E-state index contributed by atoms with van der Waals surface area (Å²) in [7, 11) is -5.07. The fourth-order valence-corrected chi connectivity index (χ4v) is 2.52. The van der Waals surface area contributed by atoms with E-state index in [-0.39, 0.29) is 0 Å². The van der Waals surface area contributed by atoms with Crippen molar-refractivity contribution in [2.75, 3.05) is 6.61 Å². The van der Waals surface area contributed by atoms with E-state index in [9.17, 15) is 28.8 Å². The van der Waals surface area contributed by atoms with Crippen molar-refractivity contribution in [2.45, 2.75) is 30.7 Å². The van der Waals surface area contributed by atoms with Crippen LogP contribution in [0.15, 0.2) is 21.9 Å². The molecule has 1 fully saturated rings. The smallest absolute Gasteiger partial charge is 0.384 e. The van der Waals surface area contributed by atoms with Gasteiger partial charge in [0.15, 0.2) is 6.23 Å². The molecule has 0 aliphatic carbocycles. The molecule has 1 aliphatic rings. The molecule has 0 saturated carbocycles. The molecule has 5 N–H and O–H groups in total. The second-order valence-corrected chi connectivity index (χ2v) is 6.41. The lowest BCUT2D eigenvalue weighted by Gasteiger charge is -2.27. The number of phosphoric acid groups is 1. The monoisotopic (exact) mass is 356 g/mol. The predicted octanol–water partition coefficient (Wildman–Crippen LogP) is -2.05. The minimum Gasteiger partial charge on any atom is -0.384 e. The van der Waals surface area contributed by atoms with Crippen LogP contribution in [-0.2, 0) is 13.8 Å². The van der Waals surface area contributed by atoms with E-state index in [1.807, 2.05) is 4.98 Å². The Morgan fingerprint density at radius 3 is 2.65 bits per heavy atom. The van der Waals surface area contributed by atoms with Crippen LogP contribution in [0.5, 0.6) is 0 Å². The number of aliphatic hydroxyl groups excluding tert-OH is 1. The molecule has 1 saturated heterocycles. The fraction of sp³-hybridized carbons (Fsp3) is 0.600. The number of aromatic nitrogens is 2. The van der Waals surface area contributed by atoms with Gasteiger partial charge in [-0.05, 0) is 6.92 Å². The summed E-state index contributed by atoms with van der Waals surface area (Å²) >= 11 is 0.